The van der Waals surface area contributed by atoms with Crippen LogP contribution in [0.4, 0.5) is 0 Å². The number of oxazole rings is 1. The van der Waals surface area contributed by atoms with Crippen molar-refractivity contribution in [2.45, 2.75) is 19.5 Å². The molecule has 3 rings (SSSR count). The lowest BCUT2D eigenvalue weighted by atomic mass is 10.1. The van der Waals surface area contributed by atoms with Crippen molar-refractivity contribution in [1.29, 1.82) is 0 Å². The molecule has 0 unspecified atom stereocenters. The van der Waals surface area contributed by atoms with Crippen molar-refractivity contribution in [3.8, 4) is 0 Å². The average Bonchev–Trinajstić information content (AvgIpc) is 3.02. The van der Waals surface area contributed by atoms with Gasteiger partial charge >= 0.3 is 0 Å². The van der Waals surface area contributed by atoms with Gasteiger partial charge in [-0.3, -0.25) is 14.5 Å². The zero-order valence-electron chi connectivity index (χ0n) is 13.5. The molecule has 7 nitrogen and oxygen atoms in total. The van der Waals surface area contributed by atoms with E-state index in [0.29, 0.717) is 25.5 Å². The Kier molecular flexibility index (Phi) is 4.61. The van der Waals surface area contributed by atoms with Gasteiger partial charge in [0.15, 0.2) is 11.6 Å². The fourth-order valence-corrected chi connectivity index (χ4v) is 2.91. The lowest BCUT2D eigenvalue weighted by molar-refractivity contribution is -0.125. The number of carbonyl (C=O) groups is 2. The van der Waals surface area contributed by atoms with Crippen LogP contribution in [-0.4, -0.2) is 52.3 Å². The highest BCUT2D eigenvalue weighted by atomic mass is 16.3. The maximum atomic E-state index is 12.5. The van der Waals surface area contributed by atoms with Crippen LogP contribution in [-0.2, 0) is 11.3 Å². The van der Waals surface area contributed by atoms with E-state index in [2.05, 4.69) is 4.98 Å². The molecule has 126 valence electrons. The monoisotopic (exact) mass is 328 g/mol. The molecule has 7 heteroatoms. The summed E-state index contributed by atoms with van der Waals surface area (Å²) in [7, 11) is 0. The van der Waals surface area contributed by atoms with Gasteiger partial charge < -0.3 is 15.1 Å². The number of rotatable bonds is 4. The third-order valence-electron chi connectivity index (χ3n) is 4.17. The van der Waals surface area contributed by atoms with Crippen LogP contribution < -0.4 is 5.73 Å². The zero-order chi connectivity index (χ0) is 17.1. The highest BCUT2D eigenvalue weighted by Gasteiger charge is 2.34. The number of piperazine rings is 1. The van der Waals surface area contributed by atoms with Crippen molar-refractivity contribution in [3.63, 3.8) is 0 Å². The molecule has 2 N–H and O–H groups in total. The molecule has 1 aliphatic heterocycles. The summed E-state index contributed by atoms with van der Waals surface area (Å²) >= 11 is 0. The first-order valence-electron chi connectivity index (χ1n) is 7.83. The molecule has 1 aromatic carbocycles. The first-order chi connectivity index (χ1) is 11.5. The number of hydrogen-bond acceptors (Lipinski definition) is 5. The number of amides is 2. The molecule has 1 saturated heterocycles. The molecule has 0 bridgehead atoms. The predicted molar refractivity (Wildman–Crippen MR) is 87.0 cm³/mol. The predicted octanol–water partition coefficient (Wildman–Crippen LogP) is 0.795. The molecular weight excluding hydrogens is 308 g/mol. The van der Waals surface area contributed by atoms with Crippen molar-refractivity contribution in [3.05, 3.63) is 53.7 Å². The van der Waals surface area contributed by atoms with Gasteiger partial charge in [-0.1, -0.05) is 30.3 Å². The number of hydrogen-bond donors (Lipinski definition) is 1. The van der Waals surface area contributed by atoms with E-state index in [4.69, 9.17) is 10.2 Å². The lowest BCUT2D eigenvalue weighted by Gasteiger charge is -2.39. The van der Waals surface area contributed by atoms with Crippen LogP contribution in [0.3, 0.4) is 0 Å². The summed E-state index contributed by atoms with van der Waals surface area (Å²) in [6.07, 6.45) is 1.34. The van der Waals surface area contributed by atoms with Gasteiger partial charge in [-0.2, -0.15) is 0 Å². The summed E-state index contributed by atoms with van der Waals surface area (Å²) in [6.45, 7) is 3.65. The van der Waals surface area contributed by atoms with E-state index in [1.54, 1.807) is 11.8 Å². The molecule has 1 fully saturated rings. The van der Waals surface area contributed by atoms with Gasteiger partial charge in [0, 0.05) is 33.1 Å². The SMILES string of the molecule is Cc1nc(C(=O)N2CCN(Cc3ccccc3)[C@@H](C(N)=O)C2)co1. The van der Waals surface area contributed by atoms with Gasteiger partial charge in [0.05, 0.1) is 0 Å². The fourth-order valence-electron chi connectivity index (χ4n) is 2.91. The molecule has 1 atom stereocenters. The summed E-state index contributed by atoms with van der Waals surface area (Å²) in [4.78, 5) is 32.0. The van der Waals surface area contributed by atoms with Gasteiger partial charge in [0.25, 0.3) is 5.91 Å². The molecule has 0 saturated carbocycles. The van der Waals surface area contributed by atoms with E-state index in [0.717, 1.165) is 5.56 Å². The number of benzene rings is 1. The number of aromatic nitrogens is 1. The maximum Gasteiger partial charge on any atom is 0.275 e. The van der Waals surface area contributed by atoms with Crippen molar-refractivity contribution in [2.24, 2.45) is 5.73 Å². The van der Waals surface area contributed by atoms with Crippen molar-refractivity contribution >= 4 is 11.8 Å². The maximum absolute atomic E-state index is 12.5. The van der Waals surface area contributed by atoms with Crippen LogP contribution in [0, 0.1) is 6.92 Å². The van der Waals surface area contributed by atoms with Crippen molar-refractivity contribution in [1.82, 2.24) is 14.8 Å². The highest BCUT2D eigenvalue weighted by Crippen LogP contribution is 2.16. The van der Waals surface area contributed by atoms with Gasteiger partial charge in [-0.15, -0.1) is 0 Å². The summed E-state index contributed by atoms with van der Waals surface area (Å²) in [5.41, 5.74) is 6.93. The quantitative estimate of drug-likeness (QED) is 0.896. The second-order valence-electron chi connectivity index (χ2n) is 5.88. The van der Waals surface area contributed by atoms with Crippen molar-refractivity contribution in [2.75, 3.05) is 19.6 Å². The molecular formula is C17H20N4O3. The van der Waals surface area contributed by atoms with Crippen LogP contribution in [0.5, 0.6) is 0 Å². The first-order valence-corrected chi connectivity index (χ1v) is 7.83. The Hall–Kier alpha value is -2.67. The van der Waals surface area contributed by atoms with E-state index in [9.17, 15) is 9.59 Å². The second kappa shape index (κ2) is 6.84. The zero-order valence-corrected chi connectivity index (χ0v) is 13.5. The Morgan fingerprint density at radius 3 is 2.67 bits per heavy atom. The van der Waals surface area contributed by atoms with Gasteiger partial charge in [-0.25, -0.2) is 4.98 Å². The van der Waals surface area contributed by atoms with Gasteiger partial charge in [0.1, 0.15) is 12.3 Å². The minimum Gasteiger partial charge on any atom is -0.448 e. The van der Waals surface area contributed by atoms with E-state index in [-0.39, 0.29) is 18.1 Å². The smallest absolute Gasteiger partial charge is 0.275 e. The number of primary amides is 1. The summed E-state index contributed by atoms with van der Waals surface area (Å²) < 4.78 is 5.09. The first kappa shape index (κ1) is 16.2. The third-order valence-corrected chi connectivity index (χ3v) is 4.17. The molecule has 0 radical (unpaired) electrons. The molecule has 2 heterocycles. The summed E-state index contributed by atoms with van der Waals surface area (Å²) in [6, 6.07) is 9.37. The number of aryl methyl sites for hydroxylation is 1. The summed E-state index contributed by atoms with van der Waals surface area (Å²) in [5, 5.41) is 0. The minimum absolute atomic E-state index is 0.238. The summed E-state index contributed by atoms with van der Waals surface area (Å²) in [5.74, 6) is -0.232. The molecule has 0 aliphatic carbocycles. The number of nitrogens with two attached hydrogens (primary N) is 1. The van der Waals surface area contributed by atoms with E-state index in [1.807, 2.05) is 35.2 Å². The van der Waals surface area contributed by atoms with Crippen LogP contribution >= 0.6 is 0 Å². The molecule has 2 aromatic rings. The van der Waals surface area contributed by atoms with Crippen LogP contribution in [0.1, 0.15) is 21.9 Å². The molecule has 1 aromatic heterocycles. The second-order valence-corrected chi connectivity index (χ2v) is 5.88. The van der Waals surface area contributed by atoms with Crippen LogP contribution in [0.25, 0.3) is 0 Å². The fraction of sp³-hybridized carbons (Fsp3) is 0.353. The normalized spacial score (nSPS) is 18.5. The minimum atomic E-state index is -0.518. The molecule has 0 spiro atoms. The third kappa shape index (κ3) is 3.46. The van der Waals surface area contributed by atoms with Gasteiger partial charge in [-0.05, 0) is 5.56 Å². The Bertz CT molecular complexity index is 728. The molecule has 24 heavy (non-hydrogen) atoms. The molecule has 1 aliphatic rings. The van der Waals surface area contributed by atoms with E-state index >= 15 is 0 Å². The van der Waals surface area contributed by atoms with Crippen LogP contribution in [0.15, 0.2) is 41.0 Å². The van der Waals surface area contributed by atoms with Crippen LogP contribution in [0.2, 0.25) is 0 Å². The van der Waals surface area contributed by atoms with Crippen molar-refractivity contribution < 1.29 is 14.0 Å². The van der Waals surface area contributed by atoms with E-state index in [1.165, 1.54) is 6.26 Å². The lowest BCUT2D eigenvalue weighted by Crippen LogP contribution is -2.58. The largest absolute Gasteiger partial charge is 0.448 e. The topological polar surface area (TPSA) is 92.7 Å². The Morgan fingerprint density at radius 2 is 2.04 bits per heavy atom. The Labute approximate surface area is 140 Å². The standard InChI is InChI=1S/C17H20N4O3/c1-12-19-14(11-24-12)17(23)21-8-7-20(15(10-21)16(18)22)9-13-5-3-2-4-6-13/h2-6,11,15H,7-10H2,1H3,(H2,18,22)/t15-/m1/s1. The van der Waals surface area contributed by atoms with Gasteiger partial charge in [0.2, 0.25) is 5.91 Å². The average molecular weight is 328 g/mol. The Morgan fingerprint density at radius 1 is 1.29 bits per heavy atom. The van der Waals surface area contributed by atoms with E-state index < -0.39 is 11.9 Å². The Balaban J connectivity index is 1.71. The number of nitrogens with zero attached hydrogens (tertiary/aromatic N) is 3. The molecule has 2 amide bonds. The number of carbonyl (C=O) groups excluding carboxylic acids is 2. The highest BCUT2D eigenvalue weighted by molar-refractivity contribution is 5.92.